The molecule has 1 unspecified atom stereocenters. The molecule has 1 heterocycles. The fraction of sp³-hybridized carbons (Fsp3) is 0.750. The minimum absolute atomic E-state index is 0.568. The van der Waals surface area contributed by atoms with Gasteiger partial charge in [-0.15, -0.1) is 11.3 Å². The molecule has 1 nitrogen and oxygen atoms in total. The van der Waals surface area contributed by atoms with Gasteiger partial charge in [0.05, 0.1) is 3.79 Å². The molecule has 0 aliphatic heterocycles. The van der Waals surface area contributed by atoms with Gasteiger partial charge in [0, 0.05) is 10.9 Å². The predicted molar refractivity (Wildman–Crippen MR) is 88.9 cm³/mol. The predicted octanol–water partition coefficient (Wildman–Crippen LogP) is 5.91. The minimum atomic E-state index is 0.568. The summed E-state index contributed by atoms with van der Waals surface area (Å²) in [4.78, 5) is 1.50. The van der Waals surface area contributed by atoms with Gasteiger partial charge < -0.3 is 5.32 Å². The molecule has 1 aliphatic carbocycles. The average molecular weight is 344 g/mol. The van der Waals surface area contributed by atoms with Crippen LogP contribution in [0.5, 0.6) is 0 Å². The van der Waals surface area contributed by atoms with Crippen LogP contribution in [0.1, 0.15) is 69.2 Å². The first-order valence-corrected chi connectivity index (χ1v) is 9.39. The number of nitrogens with one attached hydrogen (secondary N) is 1. The third-order valence-electron chi connectivity index (χ3n) is 4.17. The van der Waals surface area contributed by atoms with Gasteiger partial charge in [0.25, 0.3) is 0 Å². The summed E-state index contributed by atoms with van der Waals surface area (Å²) in [6.45, 7) is 3.38. The first-order valence-electron chi connectivity index (χ1n) is 7.78. The zero-order chi connectivity index (χ0) is 13.5. The molecule has 0 aromatic carbocycles. The molecular formula is C16H26BrNS. The van der Waals surface area contributed by atoms with Crippen molar-refractivity contribution < 1.29 is 0 Å². The van der Waals surface area contributed by atoms with Crippen molar-refractivity contribution in [1.29, 1.82) is 0 Å². The second-order valence-corrected chi connectivity index (χ2v) is 8.22. The lowest BCUT2D eigenvalue weighted by Gasteiger charge is -2.24. The van der Waals surface area contributed by atoms with E-state index in [1.807, 2.05) is 11.3 Å². The van der Waals surface area contributed by atoms with E-state index in [-0.39, 0.29) is 0 Å². The number of rotatable bonds is 7. The maximum atomic E-state index is 3.73. The summed E-state index contributed by atoms with van der Waals surface area (Å²) in [5.74, 6) is 0.989. The van der Waals surface area contributed by atoms with E-state index >= 15 is 0 Å². The monoisotopic (exact) mass is 343 g/mol. The van der Waals surface area contributed by atoms with Crippen LogP contribution in [0.25, 0.3) is 0 Å². The number of hydrogen-bond donors (Lipinski definition) is 1. The van der Waals surface area contributed by atoms with E-state index in [0.717, 1.165) is 12.5 Å². The molecule has 1 saturated carbocycles. The van der Waals surface area contributed by atoms with E-state index in [9.17, 15) is 0 Å². The van der Waals surface area contributed by atoms with Crippen LogP contribution in [0.2, 0.25) is 0 Å². The Bertz CT molecular complexity index is 357. The van der Waals surface area contributed by atoms with Gasteiger partial charge in [0.2, 0.25) is 0 Å². The molecule has 0 spiro atoms. The Kier molecular flexibility index (Phi) is 6.89. The van der Waals surface area contributed by atoms with E-state index in [1.165, 1.54) is 60.0 Å². The van der Waals surface area contributed by atoms with Gasteiger partial charge in [-0.05, 0) is 59.8 Å². The molecule has 1 aromatic heterocycles. The van der Waals surface area contributed by atoms with E-state index < -0.39 is 0 Å². The molecule has 108 valence electrons. The molecule has 0 amide bonds. The Morgan fingerprint density at radius 3 is 2.74 bits per heavy atom. The van der Waals surface area contributed by atoms with Crippen molar-refractivity contribution in [3.8, 4) is 0 Å². The van der Waals surface area contributed by atoms with Crippen molar-refractivity contribution in [2.24, 2.45) is 5.92 Å². The summed E-state index contributed by atoms with van der Waals surface area (Å²) in [6, 6.07) is 5.03. The number of hydrogen-bond acceptors (Lipinski definition) is 2. The lowest BCUT2D eigenvalue weighted by Crippen LogP contribution is -2.22. The summed E-state index contributed by atoms with van der Waals surface area (Å²) in [7, 11) is 0. The molecule has 2 rings (SSSR count). The fourth-order valence-electron chi connectivity index (χ4n) is 3.06. The lowest BCUT2D eigenvalue weighted by molar-refractivity contribution is 0.315. The Morgan fingerprint density at radius 1 is 1.32 bits per heavy atom. The normalized spacial score (nSPS) is 18.6. The summed E-state index contributed by atoms with van der Waals surface area (Å²) < 4.78 is 1.25. The number of thiophene rings is 1. The Hall–Kier alpha value is 0.140. The third kappa shape index (κ3) is 5.20. The van der Waals surface area contributed by atoms with Gasteiger partial charge in [0.15, 0.2) is 0 Å². The summed E-state index contributed by atoms with van der Waals surface area (Å²) >= 11 is 5.47. The Balaban J connectivity index is 1.86. The van der Waals surface area contributed by atoms with Gasteiger partial charge in [-0.2, -0.15) is 0 Å². The molecule has 1 atom stereocenters. The zero-order valence-corrected chi connectivity index (χ0v) is 14.4. The van der Waals surface area contributed by atoms with Gasteiger partial charge >= 0.3 is 0 Å². The largest absolute Gasteiger partial charge is 0.309 e. The smallest absolute Gasteiger partial charge is 0.0701 e. The topological polar surface area (TPSA) is 12.0 Å². The minimum Gasteiger partial charge on any atom is -0.309 e. The van der Waals surface area contributed by atoms with Crippen molar-refractivity contribution >= 4 is 27.3 Å². The van der Waals surface area contributed by atoms with Crippen molar-refractivity contribution in [2.45, 2.75) is 64.3 Å². The van der Waals surface area contributed by atoms with Crippen LogP contribution in [0.15, 0.2) is 15.9 Å². The second-order valence-electron chi connectivity index (χ2n) is 5.73. The number of halogens is 1. The summed E-state index contributed by atoms with van der Waals surface area (Å²) in [5, 5.41) is 3.73. The van der Waals surface area contributed by atoms with E-state index in [2.05, 4.69) is 40.3 Å². The highest BCUT2D eigenvalue weighted by molar-refractivity contribution is 9.11. The molecule has 19 heavy (non-hydrogen) atoms. The van der Waals surface area contributed by atoms with Crippen molar-refractivity contribution in [3.05, 3.63) is 20.8 Å². The highest BCUT2D eigenvalue weighted by atomic mass is 79.9. The average Bonchev–Trinajstić information content (AvgIpc) is 2.86. The first-order chi connectivity index (χ1) is 9.29. The third-order valence-corrected chi connectivity index (χ3v) is 5.90. The van der Waals surface area contributed by atoms with Gasteiger partial charge in [-0.25, -0.2) is 0 Å². The van der Waals surface area contributed by atoms with Crippen molar-refractivity contribution in [1.82, 2.24) is 5.32 Å². The first kappa shape index (κ1) is 15.5. The van der Waals surface area contributed by atoms with E-state index in [4.69, 9.17) is 0 Å². The summed E-state index contributed by atoms with van der Waals surface area (Å²) in [5.41, 5.74) is 0. The van der Waals surface area contributed by atoms with Crippen LogP contribution in [0, 0.1) is 5.92 Å². The molecule has 1 fully saturated rings. The fourth-order valence-corrected chi connectivity index (χ4v) is 4.59. The van der Waals surface area contributed by atoms with Crippen LogP contribution < -0.4 is 5.32 Å². The zero-order valence-electron chi connectivity index (χ0n) is 12.0. The van der Waals surface area contributed by atoms with Crippen LogP contribution in [0.3, 0.4) is 0 Å². The highest BCUT2D eigenvalue weighted by Gasteiger charge is 2.18. The van der Waals surface area contributed by atoms with Gasteiger partial charge in [-0.3, -0.25) is 0 Å². The molecule has 1 N–H and O–H groups in total. The van der Waals surface area contributed by atoms with Gasteiger partial charge in [0.1, 0.15) is 0 Å². The summed E-state index contributed by atoms with van der Waals surface area (Å²) in [6.07, 6.45) is 11.2. The quantitative estimate of drug-likeness (QED) is 0.648. The second kappa shape index (κ2) is 8.43. The molecule has 1 aromatic rings. The maximum Gasteiger partial charge on any atom is 0.0701 e. The van der Waals surface area contributed by atoms with E-state index in [1.54, 1.807) is 0 Å². The molecule has 0 radical (unpaired) electrons. The van der Waals surface area contributed by atoms with Crippen LogP contribution in [-0.2, 0) is 0 Å². The molecule has 0 bridgehead atoms. The molecule has 1 aliphatic rings. The van der Waals surface area contributed by atoms with Crippen LogP contribution >= 0.6 is 27.3 Å². The van der Waals surface area contributed by atoms with Crippen molar-refractivity contribution in [3.63, 3.8) is 0 Å². The highest BCUT2D eigenvalue weighted by Crippen LogP contribution is 2.33. The van der Waals surface area contributed by atoms with Crippen molar-refractivity contribution in [2.75, 3.05) is 6.54 Å². The SMILES string of the molecule is CCCNC(CCC1CCCCC1)c1ccc(Br)s1. The van der Waals surface area contributed by atoms with Crippen LogP contribution in [-0.4, -0.2) is 6.54 Å². The Morgan fingerprint density at radius 2 is 2.11 bits per heavy atom. The van der Waals surface area contributed by atoms with Crippen LogP contribution in [0.4, 0.5) is 0 Å². The standard InChI is InChI=1S/C16H26BrNS/c1-2-12-18-14(15-10-11-16(17)19-15)9-8-13-6-4-3-5-7-13/h10-11,13-14,18H,2-9,12H2,1H3. The maximum absolute atomic E-state index is 3.73. The van der Waals surface area contributed by atoms with Gasteiger partial charge in [-0.1, -0.05) is 39.0 Å². The lowest BCUT2D eigenvalue weighted by atomic mass is 9.85. The van der Waals surface area contributed by atoms with E-state index in [0.29, 0.717) is 6.04 Å². The molecular weight excluding hydrogens is 318 g/mol. The Labute approximate surface area is 130 Å². The molecule has 0 saturated heterocycles. The molecule has 3 heteroatoms.